The van der Waals surface area contributed by atoms with Gasteiger partial charge in [-0.15, -0.1) is 11.3 Å². The minimum Gasteiger partial charge on any atom is -0.486 e. The summed E-state index contributed by atoms with van der Waals surface area (Å²) in [5, 5.41) is 0.993. The van der Waals surface area contributed by atoms with Crippen LogP contribution in [0.4, 0.5) is 0 Å². The van der Waals surface area contributed by atoms with Crippen LogP contribution in [-0.2, 0) is 18.6 Å². The maximum absolute atomic E-state index is 6.25. The minimum absolute atomic E-state index is 0.343. The van der Waals surface area contributed by atoms with Crippen molar-refractivity contribution in [2.24, 2.45) is 5.73 Å². The van der Waals surface area contributed by atoms with Crippen molar-refractivity contribution in [1.29, 1.82) is 0 Å². The maximum Gasteiger partial charge on any atom is 0.140 e. The molecule has 21 heavy (non-hydrogen) atoms. The van der Waals surface area contributed by atoms with Gasteiger partial charge in [0.1, 0.15) is 17.4 Å². The molecule has 0 aliphatic heterocycles. The summed E-state index contributed by atoms with van der Waals surface area (Å²) in [7, 11) is 0. The monoisotopic (exact) mass is 304 g/mol. The van der Waals surface area contributed by atoms with Gasteiger partial charge in [0.05, 0.1) is 5.69 Å². The fourth-order valence-electron chi connectivity index (χ4n) is 2.15. The molecule has 0 saturated carbocycles. The SMILES string of the molecule is CCCc1nc(COc2ccc(C)cc2)sc1C(C)(C)N. The Morgan fingerprint density at radius 3 is 2.48 bits per heavy atom. The van der Waals surface area contributed by atoms with Gasteiger partial charge < -0.3 is 10.5 Å². The molecular weight excluding hydrogens is 280 g/mol. The Morgan fingerprint density at radius 2 is 1.90 bits per heavy atom. The number of thiazole rings is 1. The first-order valence-electron chi connectivity index (χ1n) is 7.37. The van der Waals surface area contributed by atoms with Gasteiger partial charge in [0.15, 0.2) is 0 Å². The van der Waals surface area contributed by atoms with Crippen LogP contribution in [0.5, 0.6) is 5.75 Å². The lowest BCUT2D eigenvalue weighted by Crippen LogP contribution is -2.28. The van der Waals surface area contributed by atoms with E-state index in [1.807, 2.05) is 38.1 Å². The molecule has 0 aliphatic rings. The second kappa shape index (κ2) is 6.58. The number of hydrogen-bond acceptors (Lipinski definition) is 4. The van der Waals surface area contributed by atoms with E-state index in [1.165, 1.54) is 10.4 Å². The average molecular weight is 304 g/mol. The fourth-order valence-corrected chi connectivity index (χ4v) is 3.19. The third kappa shape index (κ3) is 4.29. The normalized spacial score (nSPS) is 11.7. The van der Waals surface area contributed by atoms with Crippen LogP contribution in [0.25, 0.3) is 0 Å². The number of nitrogens with zero attached hydrogens (tertiary/aromatic N) is 1. The van der Waals surface area contributed by atoms with E-state index in [2.05, 4.69) is 13.8 Å². The molecule has 0 atom stereocenters. The number of benzene rings is 1. The molecular formula is C17H24N2OS. The number of aryl methyl sites for hydroxylation is 2. The first-order valence-corrected chi connectivity index (χ1v) is 8.19. The van der Waals surface area contributed by atoms with Crippen molar-refractivity contribution in [3.05, 3.63) is 45.4 Å². The van der Waals surface area contributed by atoms with Crippen molar-refractivity contribution in [3.63, 3.8) is 0 Å². The molecule has 0 radical (unpaired) electrons. The van der Waals surface area contributed by atoms with Crippen molar-refractivity contribution in [2.45, 2.75) is 52.7 Å². The minimum atomic E-state index is -0.343. The highest BCUT2D eigenvalue weighted by molar-refractivity contribution is 7.11. The molecule has 0 bridgehead atoms. The Labute approximate surface area is 131 Å². The summed E-state index contributed by atoms with van der Waals surface area (Å²) in [6.07, 6.45) is 2.04. The summed E-state index contributed by atoms with van der Waals surface area (Å²) in [6, 6.07) is 8.08. The van der Waals surface area contributed by atoms with Crippen LogP contribution < -0.4 is 10.5 Å². The Bertz CT molecular complexity index is 582. The van der Waals surface area contributed by atoms with Crippen molar-refractivity contribution >= 4 is 11.3 Å². The van der Waals surface area contributed by atoms with E-state index < -0.39 is 0 Å². The van der Waals surface area contributed by atoms with Crippen LogP contribution in [-0.4, -0.2) is 4.98 Å². The van der Waals surface area contributed by atoms with Crippen molar-refractivity contribution in [3.8, 4) is 5.75 Å². The zero-order chi connectivity index (χ0) is 15.5. The molecule has 0 unspecified atom stereocenters. The molecule has 4 heteroatoms. The van der Waals surface area contributed by atoms with E-state index in [9.17, 15) is 0 Å². The Kier molecular flexibility index (Phi) is 5.01. The van der Waals surface area contributed by atoms with Crippen LogP contribution in [0.15, 0.2) is 24.3 Å². The van der Waals surface area contributed by atoms with Crippen LogP contribution in [0.2, 0.25) is 0 Å². The van der Waals surface area contributed by atoms with Crippen LogP contribution in [0, 0.1) is 6.92 Å². The van der Waals surface area contributed by atoms with E-state index in [0.717, 1.165) is 29.3 Å². The topological polar surface area (TPSA) is 48.1 Å². The van der Waals surface area contributed by atoms with E-state index >= 15 is 0 Å². The molecule has 0 amide bonds. The number of nitrogens with two attached hydrogens (primary N) is 1. The quantitative estimate of drug-likeness (QED) is 0.871. The molecule has 0 fully saturated rings. The standard InChI is InChI=1S/C17H24N2OS/c1-5-6-14-16(17(3,4)18)21-15(19-14)11-20-13-9-7-12(2)8-10-13/h7-10H,5-6,11,18H2,1-4H3. The van der Waals surface area contributed by atoms with Gasteiger partial charge in [0, 0.05) is 10.4 Å². The Hall–Kier alpha value is -1.39. The number of ether oxygens (including phenoxy) is 1. The predicted molar refractivity (Wildman–Crippen MR) is 88.8 cm³/mol. The van der Waals surface area contributed by atoms with Gasteiger partial charge in [-0.3, -0.25) is 0 Å². The van der Waals surface area contributed by atoms with E-state index in [1.54, 1.807) is 11.3 Å². The van der Waals surface area contributed by atoms with E-state index in [4.69, 9.17) is 15.5 Å². The second-order valence-electron chi connectivity index (χ2n) is 5.96. The molecule has 1 heterocycles. The van der Waals surface area contributed by atoms with Crippen LogP contribution in [0.1, 0.15) is 48.3 Å². The van der Waals surface area contributed by atoms with Gasteiger partial charge in [-0.1, -0.05) is 31.0 Å². The summed E-state index contributed by atoms with van der Waals surface area (Å²) < 4.78 is 5.81. The molecule has 1 aromatic carbocycles. The first-order chi connectivity index (χ1) is 9.90. The highest BCUT2D eigenvalue weighted by atomic mass is 32.1. The first kappa shape index (κ1) is 16.0. The van der Waals surface area contributed by atoms with Gasteiger partial charge >= 0.3 is 0 Å². The molecule has 3 nitrogen and oxygen atoms in total. The second-order valence-corrected chi connectivity index (χ2v) is 7.04. The van der Waals surface area contributed by atoms with Gasteiger partial charge in [0.2, 0.25) is 0 Å². The third-order valence-corrected chi connectivity index (χ3v) is 4.61. The molecule has 0 aliphatic carbocycles. The van der Waals surface area contributed by atoms with E-state index in [-0.39, 0.29) is 5.54 Å². The van der Waals surface area contributed by atoms with Gasteiger partial charge in [-0.25, -0.2) is 4.98 Å². The Morgan fingerprint density at radius 1 is 1.24 bits per heavy atom. The van der Waals surface area contributed by atoms with Gasteiger partial charge in [-0.2, -0.15) is 0 Å². The van der Waals surface area contributed by atoms with Crippen LogP contribution in [0.3, 0.4) is 0 Å². The highest BCUT2D eigenvalue weighted by Crippen LogP contribution is 2.29. The molecule has 0 saturated heterocycles. The third-order valence-electron chi connectivity index (χ3n) is 3.20. The van der Waals surface area contributed by atoms with Crippen molar-refractivity contribution in [1.82, 2.24) is 4.98 Å². The summed E-state index contributed by atoms with van der Waals surface area (Å²) in [6.45, 7) is 8.79. The Balaban J connectivity index is 2.11. The van der Waals surface area contributed by atoms with Gasteiger partial charge in [-0.05, 0) is 39.3 Å². The summed E-state index contributed by atoms with van der Waals surface area (Å²) >= 11 is 1.67. The molecule has 1 aromatic heterocycles. The summed E-state index contributed by atoms with van der Waals surface area (Å²) in [5.41, 5.74) is 8.26. The zero-order valence-corrected chi connectivity index (χ0v) is 14.1. The molecule has 2 aromatic rings. The lowest BCUT2D eigenvalue weighted by molar-refractivity contribution is 0.305. The average Bonchev–Trinajstić information content (AvgIpc) is 2.82. The lowest BCUT2D eigenvalue weighted by Gasteiger charge is -2.17. The number of rotatable bonds is 6. The van der Waals surface area contributed by atoms with Crippen LogP contribution >= 0.6 is 11.3 Å². The smallest absolute Gasteiger partial charge is 0.140 e. The predicted octanol–water partition coefficient (Wildman–Crippen LogP) is 4.18. The number of hydrogen-bond donors (Lipinski definition) is 1. The number of aromatic nitrogens is 1. The zero-order valence-electron chi connectivity index (χ0n) is 13.3. The molecule has 114 valence electrons. The highest BCUT2D eigenvalue weighted by Gasteiger charge is 2.23. The maximum atomic E-state index is 6.25. The summed E-state index contributed by atoms with van der Waals surface area (Å²) in [4.78, 5) is 5.89. The van der Waals surface area contributed by atoms with E-state index in [0.29, 0.717) is 6.61 Å². The lowest BCUT2D eigenvalue weighted by atomic mass is 10.0. The molecule has 2 N–H and O–H groups in total. The molecule has 0 spiro atoms. The molecule has 2 rings (SSSR count). The fraction of sp³-hybridized carbons (Fsp3) is 0.471. The van der Waals surface area contributed by atoms with Crippen molar-refractivity contribution in [2.75, 3.05) is 0 Å². The summed E-state index contributed by atoms with van der Waals surface area (Å²) in [5.74, 6) is 0.876. The van der Waals surface area contributed by atoms with Gasteiger partial charge in [0.25, 0.3) is 0 Å². The van der Waals surface area contributed by atoms with Crippen molar-refractivity contribution < 1.29 is 4.74 Å². The largest absolute Gasteiger partial charge is 0.486 e.